The average Bonchev–Trinajstić information content (AvgIpc) is 3.25. The van der Waals surface area contributed by atoms with Gasteiger partial charge in [-0.1, -0.05) is 39.0 Å². The van der Waals surface area contributed by atoms with Crippen LogP contribution in [-0.2, 0) is 5.41 Å². The molecule has 1 N–H and O–H groups in total. The summed E-state index contributed by atoms with van der Waals surface area (Å²) in [5.41, 5.74) is 3.01. The highest BCUT2D eigenvalue weighted by Gasteiger charge is 2.25. The van der Waals surface area contributed by atoms with Crippen molar-refractivity contribution >= 4 is 22.6 Å². The zero-order valence-corrected chi connectivity index (χ0v) is 14.7. The van der Waals surface area contributed by atoms with E-state index < -0.39 is 0 Å². The van der Waals surface area contributed by atoms with Gasteiger partial charge in [0.05, 0.1) is 5.69 Å². The molecular formula is C17H19IN2O. The summed E-state index contributed by atoms with van der Waals surface area (Å²) < 4.78 is 0.683. The molecule has 0 saturated heterocycles. The molecule has 1 aliphatic carbocycles. The van der Waals surface area contributed by atoms with Gasteiger partial charge >= 0.3 is 0 Å². The van der Waals surface area contributed by atoms with Gasteiger partial charge in [0.1, 0.15) is 9.39 Å². The Morgan fingerprint density at radius 3 is 2.62 bits per heavy atom. The Kier molecular flexibility index (Phi) is 3.67. The number of aromatic nitrogens is 2. The summed E-state index contributed by atoms with van der Waals surface area (Å²) in [6.07, 6.45) is 2.54. The fourth-order valence-electron chi connectivity index (χ4n) is 2.45. The number of nitrogens with one attached hydrogen (secondary N) is 1. The van der Waals surface area contributed by atoms with Gasteiger partial charge in [-0.05, 0) is 53.0 Å². The normalized spacial score (nSPS) is 15.2. The van der Waals surface area contributed by atoms with Crippen LogP contribution in [0.3, 0.4) is 0 Å². The van der Waals surface area contributed by atoms with E-state index in [1.54, 1.807) is 0 Å². The Labute approximate surface area is 138 Å². The summed E-state index contributed by atoms with van der Waals surface area (Å²) >= 11 is 2.09. The number of hydrogen-bond acceptors (Lipinski definition) is 2. The molecule has 110 valence electrons. The van der Waals surface area contributed by atoms with Gasteiger partial charge in [0.15, 0.2) is 0 Å². The predicted molar refractivity (Wildman–Crippen MR) is 93.7 cm³/mol. The van der Waals surface area contributed by atoms with E-state index in [-0.39, 0.29) is 11.0 Å². The molecular weight excluding hydrogens is 375 g/mol. The van der Waals surface area contributed by atoms with E-state index in [2.05, 4.69) is 66.5 Å². The summed E-state index contributed by atoms with van der Waals surface area (Å²) in [4.78, 5) is 19.9. The Morgan fingerprint density at radius 1 is 1.29 bits per heavy atom. The van der Waals surface area contributed by atoms with Crippen LogP contribution < -0.4 is 5.56 Å². The molecule has 1 aromatic heterocycles. The van der Waals surface area contributed by atoms with Crippen molar-refractivity contribution in [1.29, 1.82) is 0 Å². The molecule has 21 heavy (non-hydrogen) atoms. The molecule has 1 saturated carbocycles. The Morgan fingerprint density at radius 2 is 2.00 bits per heavy atom. The maximum Gasteiger partial charge on any atom is 0.264 e. The average molecular weight is 394 g/mol. The largest absolute Gasteiger partial charge is 0.306 e. The molecule has 1 aliphatic rings. The lowest BCUT2D eigenvalue weighted by molar-refractivity contribution is 0.562. The van der Waals surface area contributed by atoms with Gasteiger partial charge in [0, 0.05) is 11.0 Å². The van der Waals surface area contributed by atoms with Gasteiger partial charge in [-0.3, -0.25) is 4.79 Å². The number of aromatic amines is 1. The van der Waals surface area contributed by atoms with Crippen molar-refractivity contribution in [3.63, 3.8) is 0 Å². The molecule has 2 aromatic rings. The number of H-pyrrole nitrogens is 1. The summed E-state index contributed by atoms with van der Waals surface area (Å²) in [6, 6.07) is 8.40. The summed E-state index contributed by atoms with van der Waals surface area (Å²) in [5, 5.41) is 0. The molecule has 0 atom stereocenters. The lowest BCUT2D eigenvalue weighted by Gasteiger charge is -2.19. The molecule has 0 aliphatic heterocycles. The molecule has 0 radical (unpaired) electrons. The molecule has 3 nitrogen and oxygen atoms in total. The molecule has 0 bridgehead atoms. The van der Waals surface area contributed by atoms with Crippen molar-refractivity contribution in [1.82, 2.24) is 9.97 Å². The third kappa shape index (κ3) is 3.05. The van der Waals surface area contributed by atoms with Crippen molar-refractivity contribution in [3.8, 4) is 11.4 Å². The SMILES string of the molecule is CC(C)(C)c1nc(-c2cccc(C3CC3)c2)[nH]c(=O)c1I. The van der Waals surface area contributed by atoms with E-state index in [9.17, 15) is 4.79 Å². The quantitative estimate of drug-likeness (QED) is 0.776. The maximum absolute atomic E-state index is 12.2. The van der Waals surface area contributed by atoms with Crippen LogP contribution >= 0.6 is 22.6 Å². The Balaban J connectivity index is 2.12. The van der Waals surface area contributed by atoms with E-state index >= 15 is 0 Å². The minimum atomic E-state index is -0.145. The second-order valence-electron chi connectivity index (χ2n) is 6.73. The van der Waals surface area contributed by atoms with E-state index in [0.717, 1.165) is 11.3 Å². The van der Waals surface area contributed by atoms with Gasteiger partial charge in [-0.2, -0.15) is 0 Å². The first kappa shape index (κ1) is 14.8. The Hall–Kier alpha value is -1.17. The van der Waals surface area contributed by atoms with Crippen LogP contribution in [0.4, 0.5) is 0 Å². The lowest BCUT2D eigenvalue weighted by atomic mass is 9.92. The zero-order chi connectivity index (χ0) is 15.2. The van der Waals surface area contributed by atoms with Crippen LogP contribution in [0.2, 0.25) is 0 Å². The van der Waals surface area contributed by atoms with Gasteiger partial charge in [-0.15, -0.1) is 0 Å². The molecule has 0 unspecified atom stereocenters. The summed E-state index contributed by atoms with van der Waals surface area (Å²) in [7, 11) is 0. The van der Waals surface area contributed by atoms with E-state index in [1.165, 1.54) is 18.4 Å². The second kappa shape index (κ2) is 5.23. The van der Waals surface area contributed by atoms with Crippen molar-refractivity contribution in [2.24, 2.45) is 0 Å². The smallest absolute Gasteiger partial charge is 0.264 e. The molecule has 0 spiro atoms. The number of nitrogens with zero attached hydrogens (tertiary/aromatic N) is 1. The fourth-order valence-corrected chi connectivity index (χ4v) is 3.51. The van der Waals surface area contributed by atoms with E-state index in [1.807, 2.05) is 6.07 Å². The minimum Gasteiger partial charge on any atom is -0.306 e. The minimum absolute atomic E-state index is 0.0534. The van der Waals surface area contributed by atoms with Crippen LogP contribution in [0.15, 0.2) is 29.1 Å². The van der Waals surface area contributed by atoms with Crippen LogP contribution in [0.25, 0.3) is 11.4 Å². The van der Waals surface area contributed by atoms with Crippen molar-refractivity contribution in [2.75, 3.05) is 0 Å². The van der Waals surface area contributed by atoms with Crippen molar-refractivity contribution < 1.29 is 0 Å². The van der Waals surface area contributed by atoms with Crippen LogP contribution in [0.5, 0.6) is 0 Å². The topological polar surface area (TPSA) is 45.8 Å². The molecule has 1 fully saturated rings. The highest BCUT2D eigenvalue weighted by atomic mass is 127. The lowest BCUT2D eigenvalue weighted by Crippen LogP contribution is -2.24. The van der Waals surface area contributed by atoms with Crippen LogP contribution in [0, 0.1) is 3.57 Å². The highest BCUT2D eigenvalue weighted by molar-refractivity contribution is 14.1. The van der Waals surface area contributed by atoms with E-state index in [0.29, 0.717) is 15.3 Å². The summed E-state index contributed by atoms with van der Waals surface area (Å²) in [6.45, 7) is 6.25. The highest BCUT2D eigenvalue weighted by Crippen LogP contribution is 2.40. The molecule has 3 rings (SSSR count). The van der Waals surface area contributed by atoms with Crippen molar-refractivity contribution in [2.45, 2.75) is 44.9 Å². The second-order valence-corrected chi connectivity index (χ2v) is 7.81. The molecule has 4 heteroatoms. The molecule has 0 amide bonds. The van der Waals surface area contributed by atoms with Gasteiger partial charge < -0.3 is 4.98 Å². The third-order valence-electron chi connectivity index (χ3n) is 3.78. The van der Waals surface area contributed by atoms with Crippen molar-refractivity contribution in [3.05, 3.63) is 49.4 Å². The van der Waals surface area contributed by atoms with Crippen LogP contribution in [-0.4, -0.2) is 9.97 Å². The number of benzene rings is 1. The molecule has 1 heterocycles. The monoisotopic (exact) mass is 394 g/mol. The number of hydrogen-bond donors (Lipinski definition) is 1. The van der Waals surface area contributed by atoms with Gasteiger partial charge in [0.25, 0.3) is 5.56 Å². The fraction of sp³-hybridized carbons (Fsp3) is 0.412. The first-order valence-electron chi connectivity index (χ1n) is 7.27. The van der Waals surface area contributed by atoms with Gasteiger partial charge in [-0.25, -0.2) is 4.98 Å². The third-order valence-corrected chi connectivity index (χ3v) is 4.78. The van der Waals surface area contributed by atoms with Crippen LogP contribution in [0.1, 0.15) is 50.8 Å². The number of rotatable bonds is 2. The standard InChI is InChI=1S/C17H19IN2O/c1-17(2,3)14-13(18)16(21)20-15(19-14)12-6-4-5-11(9-12)10-7-8-10/h4-6,9-10H,7-8H2,1-3H3,(H,19,20,21). The van der Waals surface area contributed by atoms with E-state index in [4.69, 9.17) is 4.98 Å². The number of halogens is 1. The first-order chi connectivity index (χ1) is 9.86. The molecule has 1 aromatic carbocycles. The Bertz CT molecular complexity index is 739. The maximum atomic E-state index is 12.2. The first-order valence-corrected chi connectivity index (χ1v) is 8.35. The zero-order valence-electron chi connectivity index (χ0n) is 12.5. The summed E-state index contributed by atoms with van der Waals surface area (Å²) in [5.74, 6) is 1.37. The van der Waals surface area contributed by atoms with Gasteiger partial charge in [0.2, 0.25) is 0 Å². The predicted octanol–water partition coefficient (Wildman–Crippen LogP) is 4.22.